The van der Waals surface area contributed by atoms with Gasteiger partial charge in [-0.3, -0.25) is 4.79 Å². The van der Waals surface area contributed by atoms with E-state index in [1.165, 1.54) is 36.1 Å². The first-order valence-electron chi connectivity index (χ1n) is 8.44. The highest BCUT2D eigenvalue weighted by Crippen LogP contribution is 2.29. The summed E-state index contributed by atoms with van der Waals surface area (Å²) in [5, 5.41) is 2.86. The number of benzene rings is 2. The Kier molecular flexibility index (Phi) is 4.84. The Labute approximate surface area is 145 Å². The third-order valence-electron chi connectivity index (χ3n) is 4.69. The Balaban J connectivity index is 1.70. The van der Waals surface area contributed by atoms with Gasteiger partial charge in [-0.15, -0.1) is 0 Å². The molecule has 0 aromatic heterocycles. The van der Waals surface area contributed by atoms with Gasteiger partial charge in [-0.25, -0.2) is 0 Å². The number of aryl methyl sites for hydroxylation is 2. The second kappa shape index (κ2) is 6.90. The molecule has 2 aromatic carbocycles. The van der Waals surface area contributed by atoms with Crippen molar-refractivity contribution >= 4 is 5.91 Å². The molecular formula is C20H20F3NO. The van der Waals surface area contributed by atoms with Gasteiger partial charge in [-0.2, -0.15) is 13.2 Å². The van der Waals surface area contributed by atoms with Crippen LogP contribution in [-0.2, 0) is 19.0 Å². The monoisotopic (exact) mass is 347 g/mol. The van der Waals surface area contributed by atoms with Gasteiger partial charge < -0.3 is 5.32 Å². The van der Waals surface area contributed by atoms with E-state index in [0.717, 1.165) is 30.5 Å². The molecule has 0 saturated carbocycles. The molecule has 3 rings (SSSR count). The summed E-state index contributed by atoms with van der Waals surface area (Å²) in [4.78, 5) is 12.3. The topological polar surface area (TPSA) is 29.1 Å². The fraction of sp³-hybridized carbons (Fsp3) is 0.350. The molecule has 1 unspecified atom stereocenters. The van der Waals surface area contributed by atoms with Gasteiger partial charge in [0.25, 0.3) is 5.91 Å². The van der Waals surface area contributed by atoms with Gasteiger partial charge in [0.15, 0.2) is 0 Å². The van der Waals surface area contributed by atoms with Gasteiger partial charge in [-0.05, 0) is 73.6 Å². The maximum absolute atomic E-state index is 12.6. The van der Waals surface area contributed by atoms with Crippen LogP contribution in [0.2, 0.25) is 0 Å². The highest BCUT2D eigenvalue weighted by molar-refractivity contribution is 5.94. The van der Waals surface area contributed by atoms with Crippen LogP contribution in [0.25, 0.3) is 0 Å². The first kappa shape index (κ1) is 17.5. The van der Waals surface area contributed by atoms with Crippen LogP contribution in [0.15, 0.2) is 42.5 Å². The quantitative estimate of drug-likeness (QED) is 0.825. The van der Waals surface area contributed by atoms with Gasteiger partial charge in [-0.1, -0.05) is 18.2 Å². The van der Waals surface area contributed by atoms with E-state index in [1.807, 2.05) is 13.0 Å². The zero-order valence-electron chi connectivity index (χ0n) is 14.0. The van der Waals surface area contributed by atoms with Crippen molar-refractivity contribution in [2.24, 2.45) is 0 Å². The van der Waals surface area contributed by atoms with Crippen LogP contribution in [0.4, 0.5) is 13.2 Å². The van der Waals surface area contributed by atoms with E-state index in [2.05, 4.69) is 17.4 Å². The van der Waals surface area contributed by atoms with E-state index in [-0.39, 0.29) is 17.5 Å². The molecule has 25 heavy (non-hydrogen) atoms. The largest absolute Gasteiger partial charge is 0.416 e. The van der Waals surface area contributed by atoms with E-state index >= 15 is 0 Å². The summed E-state index contributed by atoms with van der Waals surface area (Å²) in [5.41, 5.74) is 3.18. The van der Waals surface area contributed by atoms with Crippen molar-refractivity contribution in [3.63, 3.8) is 0 Å². The van der Waals surface area contributed by atoms with Crippen LogP contribution in [0.1, 0.15) is 58.4 Å². The van der Waals surface area contributed by atoms with Crippen LogP contribution in [0.5, 0.6) is 0 Å². The summed E-state index contributed by atoms with van der Waals surface area (Å²) in [5.74, 6) is -0.376. The van der Waals surface area contributed by atoms with Gasteiger partial charge in [0.1, 0.15) is 0 Å². The second-order valence-corrected chi connectivity index (χ2v) is 6.51. The van der Waals surface area contributed by atoms with Crippen molar-refractivity contribution in [1.82, 2.24) is 5.32 Å². The normalized spacial score (nSPS) is 15.4. The van der Waals surface area contributed by atoms with Crippen LogP contribution < -0.4 is 5.32 Å². The summed E-state index contributed by atoms with van der Waals surface area (Å²) in [6.07, 6.45) is 0.158. The summed E-state index contributed by atoms with van der Waals surface area (Å²) in [6.45, 7) is 1.88. The minimum absolute atomic E-state index is 0.206. The third-order valence-corrected chi connectivity index (χ3v) is 4.69. The lowest BCUT2D eigenvalue weighted by Gasteiger charge is -2.20. The lowest BCUT2D eigenvalue weighted by Crippen LogP contribution is -2.27. The first-order valence-corrected chi connectivity index (χ1v) is 8.44. The standard InChI is InChI=1S/C20H20F3NO/c1-13(16-7-6-14-4-2-3-5-17(14)12-16)24-19(25)15-8-10-18(11-9-15)20(21,22)23/h6-13H,2-5H2,1H3,(H,24,25). The number of hydrogen-bond donors (Lipinski definition) is 1. The second-order valence-electron chi connectivity index (χ2n) is 6.51. The van der Waals surface area contributed by atoms with Crippen molar-refractivity contribution in [1.29, 1.82) is 0 Å². The number of alkyl halides is 3. The molecule has 132 valence electrons. The highest BCUT2D eigenvalue weighted by Gasteiger charge is 2.30. The molecule has 2 nitrogen and oxygen atoms in total. The number of amides is 1. The van der Waals surface area contributed by atoms with Crippen LogP contribution >= 0.6 is 0 Å². The zero-order valence-corrected chi connectivity index (χ0v) is 14.0. The van der Waals surface area contributed by atoms with Crippen LogP contribution in [0, 0.1) is 0 Å². The Morgan fingerprint density at radius 3 is 2.28 bits per heavy atom. The number of nitrogens with one attached hydrogen (secondary N) is 1. The summed E-state index contributed by atoms with van der Waals surface area (Å²) >= 11 is 0. The molecular weight excluding hydrogens is 327 g/mol. The van der Waals surface area contributed by atoms with Crippen molar-refractivity contribution in [3.8, 4) is 0 Å². The van der Waals surface area contributed by atoms with Gasteiger partial charge in [0, 0.05) is 5.56 Å². The van der Waals surface area contributed by atoms with Crippen LogP contribution in [-0.4, -0.2) is 5.91 Å². The van der Waals surface area contributed by atoms with Crippen molar-refractivity contribution in [3.05, 3.63) is 70.3 Å². The summed E-state index contributed by atoms with van der Waals surface area (Å²) in [7, 11) is 0. The molecule has 2 aromatic rings. The van der Waals surface area contributed by atoms with E-state index in [0.29, 0.717) is 0 Å². The molecule has 0 bridgehead atoms. The maximum Gasteiger partial charge on any atom is 0.416 e. The van der Waals surface area contributed by atoms with Crippen molar-refractivity contribution in [2.45, 2.75) is 44.8 Å². The summed E-state index contributed by atoms with van der Waals surface area (Å²) < 4.78 is 37.8. The number of fused-ring (bicyclic) bond motifs is 1. The molecule has 1 amide bonds. The van der Waals surface area contributed by atoms with Crippen molar-refractivity contribution in [2.75, 3.05) is 0 Å². The minimum Gasteiger partial charge on any atom is -0.346 e. The predicted molar refractivity (Wildman–Crippen MR) is 90.4 cm³/mol. The Morgan fingerprint density at radius 2 is 1.64 bits per heavy atom. The van der Waals surface area contributed by atoms with Gasteiger partial charge >= 0.3 is 6.18 Å². The molecule has 0 fully saturated rings. The SMILES string of the molecule is CC(NC(=O)c1ccc(C(F)(F)F)cc1)c1ccc2c(c1)CCCC2. The molecule has 0 aliphatic heterocycles. The molecule has 1 atom stereocenters. The average molecular weight is 347 g/mol. The van der Waals surface area contributed by atoms with Crippen molar-refractivity contribution < 1.29 is 18.0 Å². The average Bonchev–Trinajstić information content (AvgIpc) is 2.60. The molecule has 0 radical (unpaired) electrons. The summed E-state index contributed by atoms with van der Waals surface area (Å²) in [6, 6.07) is 10.3. The Hall–Kier alpha value is -2.30. The fourth-order valence-corrected chi connectivity index (χ4v) is 3.20. The smallest absolute Gasteiger partial charge is 0.346 e. The number of rotatable bonds is 3. The molecule has 1 aliphatic rings. The minimum atomic E-state index is -4.40. The van der Waals surface area contributed by atoms with Gasteiger partial charge in [0.2, 0.25) is 0 Å². The first-order chi connectivity index (χ1) is 11.8. The Morgan fingerprint density at radius 1 is 1.00 bits per heavy atom. The van der Waals surface area contributed by atoms with Crippen LogP contribution in [0.3, 0.4) is 0 Å². The van der Waals surface area contributed by atoms with E-state index < -0.39 is 11.7 Å². The number of halogens is 3. The van der Waals surface area contributed by atoms with Gasteiger partial charge in [0.05, 0.1) is 11.6 Å². The lowest BCUT2D eigenvalue weighted by atomic mass is 9.89. The van der Waals surface area contributed by atoms with E-state index in [9.17, 15) is 18.0 Å². The lowest BCUT2D eigenvalue weighted by molar-refractivity contribution is -0.137. The number of hydrogen-bond acceptors (Lipinski definition) is 1. The zero-order chi connectivity index (χ0) is 18.0. The highest BCUT2D eigenvalue weighted by atomic mass is 19.4. The number of carbonyl (C=O) groups excluding carboxylic acids is 1. The predicted octanol–water partition coefficient (Wildman–Crippen LogP) is 5.08. The van der Waals surface area contributed by atoms with E-state index in [1.54, 1.807) is 0 Å². The fourth-order valence-electron chi connectivity index (χ4n) is 3.20. The molecule has 1 N–H and O–H groups in total. The molecule has 1 aliphatic carbocycles. The third kappa shape index (κ3) is 4.03. The maximum atomic E-state index is 12.6. The molecule has 0 spiro atoms. The molecule has 0 heterocycles. The van der Waals surface area contributed by atoms with E-state index in [4.69, 9.17) is 0 Å². The Bertz CT molecular complexity index is 766. The number of carbonyl (C=O) groups is 1. The molecule has 5 heteroatoms. The molecule has 0 saturated heterocycles.